The molecule has 0 atom stereocenters. The number of hydrogen-bond donors (Lipinski definition) is 3. The second-order valence-corrected chi connectivity index (χ2v) is 2.70. The Hall–Kier alpha value is -1.48. The van der Waals surface area contributed by atoms with Gasteiger partial charge in [0, 0.05) is 17.8 Å². The summed E-state index contributed by atoms with van der Waals surface area (Å²) in [5.74, 6) is 5.29. The van der Waals surface area contributed by atoms with E-state index in [1.165, 1.54) is 0 Å². The Kier molecular flexibility index (Phi) is 3.34. The van der Waals surface area contributed by atoms with Crippen LogP contribution in [0.2, 0.25) is 0 Å². The highest BCUT2D eigenvalue weighted by atomic mass is 15.2. The topological polar surface area (TPSA) is 50.1 Å². The van der Waals surface area contributed by atoms with E-state index in [-0.39, 0.29) is 0 Å². The van der Waals surface area contributed by atoms with E-state index in [2.05, 4.69) is 24.2 Å². The van der Waals surface area contributed by atoms with Gasteiger partial charge in [-0.2, -0.15) is 0 Å². The lowest BCUT2D eigenvalue weighted by Crippen LogP contribution is -2.19. The highest BCUT2D eigenvalue weighted by Crippen LogP contribution is 2.19. The minimum atomic E-state index is 0.719. The van der Waals surface area contributed by atoms with E-state index in [1.54, 1.807) is 0 Å². The molecule has 0 bridgehead atoms. The average Bonchev–Trinajstić information content (AvgIpc) is 2.18. The van der Waals surface area contributed by atoms with Crippen molar-refractivity contribution in [1.29, 1.82) is 0 Å². The van der Waals surface area contributed by atoms with Crippen LogP contribution in [0.5, 0.6) is 0 Å². The first-order valence-corrected chi connectivity index (χ1v) is 4.28. The van der Waals surface area contributed by atoms with Crippen molar-refractivity contribution in [3.63, 3.8) is 0 Å². The number of anilines is 1. The zero-order valence-electron chi connectivity index (χ0n) is 7.80. The maximum absolute atomic E-state index is 5.29. The molecular weight excluding hydrogens is 162 g/mol. The Morgan fingerprint density at radius 2 is 2.15 bits per heavy atom. The van der Waals surface area contributed by atoms with Gasteiger partial charge in [-0.3, -0.25) is 5.84 Å². The quantitative estimate of drug-likeness (QED) is 0.483. The molecule has 4 N–H and O–H groups in total. The molecule has 70 valence electrons. The second kappa shape index (κ2) is 4.52. The molecule has 1 aromatic rings. The third-order valence-electron chi connectivity index (χ3n) is 1.79. The molecule has 0 amide bonds. The standard InChI is InChI=1S/C10H15N3/c1-3-12-10-7-5-4-6-9(10)8(2)13-11/h4-7,12-13H,2-3,11H2,1H3. The lowest BCUT2D eigenvalue weighted by Gasteiger charge is -2.11. The predicted molar refractivity (Wildman–Crippen MR) is 57.0 cm³/mol. The third kappa shape index (κ3) is 2.23. The highest BCUT2D eigenvalue weighted by molar-refractivity contribution is 5.73. The second-order valence-electron chi connectivity index (χ2n) is 2.70. The van der Waals surface area contributed by atoms with Crippen molar-refractivity contribution in [3.8, 4) is 0 Å². The van der Waals surface area contributed by atoms with Crippen LogP contribution in [0.25, 0.3) is 5.70 Å². The smallest absolute Gasteiger partial charge is 0.0506 e. The molecular formula is C10H15N3. The molecule has 0 aliphatic rings. The van der Waals surface area contributed by atoms with Gasteiger partial charge in [0.05, 0.1) is 5.70 Å². The maximum Gasteiger partial charge on any atom is 0.0506 e. The van der Waals surface area contributed by atoms with Crippen molar-refractivity contribution in [1.82, 2.24) is 5.43 Å². The Labute approximate surface area is 78.6 Å². The van der Waals surface area contributed by atoms with E-state index in [0.29, 0.717) is 0 Å². The summed E-state index contributed by atoms with van der Waals surface area (Å²) >= 11 is 0. The highest BCUT2D eigenvalue weighted by Gasteiger charge is 2.01. The number of hydrogen-bond acceptors (Lipinski definition) is 3. The van der Waals surface area contributed by atoms with E-state index >= 15 is 0 Å². The Bertz CT molecular complexity index is 294. The van der Waals surface area contributed by atoms with E-state index in [0.717, 1.165) is 23.5 Å². The largest absolute Gasteiger partial charge is 0.385 e. The van der Waals surface area contributed by atoms with Crippen LogP contribution in [0.4, 0.5) is 5.69 Å². The summed E-state index contributed by atoms with van der Waals surface area (Å²) in [6.07, 6.45) is 0. The fourth-order valence-corrected chi connectivity index (χ4v) is 1.17. The van der Waals surface area contributed by atoms with Crippen LogP contribution in [-0.2, 0) is 0 Å². The van der Waals surface area contributed by atoms with Gasteiger partial charge in [-0.05, 0) is 13.0 Å². The molecule has 0 fully saturated rings. The van der Waals surface area contributed by atoms with E-state index in [1.807, 2.05) is 24.3 Å². The lowest BCUT2D eigenvalue weighted by atomic mass is 10.1. The molecule has 0 aromatic heterocycles. The van der Waals surface area contributed by atoms with Crippen molar-refractivity contribution >= 4 is 11.4 Å². The molecule has 0 radical (unpaired) electrons. The van der Waals surface area contributed by atoms with E-state index < -0.39 is 0 Å². The Morgan fingerprint density at radius 3 is 2.77 bits per heavy atom. The molecule has 0 heterocycles. The molecule has 0 saturated heterocycles. The molecule has 13 heavy (non-hydrogen) atoms. The predicted octanol–water partition coefficient (Wildman–Crippen LogP) is 1.55. The summed E-state index contributed by atoms with van der Waals surface area (Å²) in [7, 11) is 0. The summed E-state index contributed by atoms with van der Waals surface area (Å²) in [5, 5.41) is 3.23. The normalized spacial score (nSPS) is 9.38. The van der Waals surface area contributed by atoms with Crippen LogP contribution in [0.1, 0.15) is 12.5 Å². The van der Waals surface area contributed by atoms with Gasteiger partial charge in [0.25, 0.3) is 0 Å². The molecule has 0 aliphatic heterocycles. The fourth-order valence-electron chi connectivity index (χ4n) is 1.17. The van der Waals surface area contributed by atoms with Crippen molar-refractivity contribution in [2.75, 3.05) is 11.9 Å². The zero-order chi connectivity index (χ0) is 9.68. The van der Waals surface area contributed by atoms with Crippen LogP contribution in [-0.4, -0.2) is 6.54 Å². The molecule has 1 aromatic carbocycles. The van der Waals surface area contributed by atoms with Gasteiger partial charge < -0.3 is 10.7 Å². The van der Waals surface area contributed by atoms with Crippen LogP contribution in [0, 0.1) is 0 Å². The molecule has 0 unspecified atom stereocenters. The van der Waals surface area contributed by atoms with Gasteiger partial charge >= 0.3 is 0 Å². The average molecular weight is 177 g/mol. The van der Waals surface area contributed by atoms with Crippen LogP contribution in [0.3, 0.4) is 0 Å². The minimum Gasteiger partial charge on any atom is -0.385 e. The fraction of sp³-hybridized carbons (Fsp3) is 0.200. The molecule has 0 spiro atoms. The van der Waals surface area contributed by atoms with Crippen molar-refractivity contribution in [2.45, 2.75) is 6.92 Å². The van der Waals surface area contributed by atoms with Gasteiger partial charge in [0.15, 0.2) is 0 Å². The summed E-state index contributed by atoms with van der Waals surface area (Å²) in [6, 6.07) is 7.91. The summed E-state index contributed by atoms with van der Waals surface area (Å²) in [5.41, 5.74) is 5.32. The Morgan fingerprint density at radius 1 is 1.46 bits per heavy atom. The van der Waals surface area contributed by atoms with Crippen LogP contribution >= 0.6 is 0 Å². The number of para-hydroxylation sites is 1. The zero-order valence-corrected chi connectivity index (χ0v) is 7.80. The van der Waals surface area contributed by atoms with Crippen molar-refractivity contribution < 1.29 is 0 Å². The number of benzene rings is 1. The third-order valence-corrected chi connectivity index (χ3v) is 1.79. The van der Waals surface area contributed by atoms with Crippen LogP contribution in [0.15, 0.2) is 30.8 Å². The molecule has 3 nitrogen and oxygen atoms in total. The first kappa shape index (κ1) is 9.61. The first-order chi connectivity index (χ1) is 6.29. The van der Waals surface area contributed by atoms with Gasteiger partial charge in [0.1, 0.15) is 0 Å². The van der Waals surface area contributed by atoms with E-state index in [4.69, 9.17) is 5.84 Å². The van der Waals surface area contributed by atoms with Crippen molar-refractivity contribution in [3.05, 3.63) is 36.4 Å². The van der Waals surface area contributed by atoms with Gasteiger partial charge in [-0.15, -0.1) is 0 Å². The SMILES string of the molecule is C=C(NN)c1ccccc1NCC. The van der Waals surface area contributed by atoms with Crippen LogP contribution < -0.4 is 16.6 Å². The van der Waals surface area contributed by atoms with Gasteiger partial charge in [0.2, 0.25) is 0 Å². The number of nitrogens with two attached hydrogens (primary N) is 1. The monoisotopic (exact) mass is 177 g/mol. The van der Waals surface area contributed by atoms with Gasteiger partial charge in [-0.1, -0.05) is 24.8 Å². The summed E-state index contributed by atoms with van der Waals surface area (Å²) < 4.78 is 0. The first-order valence-electron chi connectivity index (χ1n) is 4.28. The van der Waals surface area contributed by atoms with E-state index in [9.17, 15) is 0 Å². The molecule has 3 heteroatoms. The molecule has 0 aliphatic carbocycles. The maximum atomic E-state index is 5.29. The number of rotatable bonds is 4. The minimum absolute atomic E-state index is 0.719. The summed E-state index contributed by atoms with van der Waals surface area (Å²) in [6.45, 7) is 6.75. The van der Waals surface area contributed by atoms with Crippen molar-refractivity contribution in [2.24, 2.45) is 5.84 Å². The number of nitrogens with one attached hydrogen (secondary N) is 2. The summed E-state index contributed by atoms with van der Waals surface area (Å²) in [4.78, 5) is 0. The number of hydrazine groups is 1. The Balaban J connectivity index is 2.97. The van der Waals surface area contributed by atoms with Gasteiger partial charge in [-0.25, -0.2) is 0 Å². The lowest BCUT2D eigenvalue weighted by molar-refractivity contribution is 0.994. The molecule has 0 saturated carbocycles. The molecule has 1 rings (SSSR count).